The molecule has 212 valence electrons. The largest absolute Gasteiger partial charge is 0.354 e. The molecule has 2 aromatic carbocycles. The Labute approximate surface area is 242 Å². The minimum Gasteiger partial charge on any atom is -0.354 e. The van der Waals surface area contributed by atoms with Gasteiger partial charge in [0.1, 0.15) is 11.6 Å². The van der Waals surface area contributed by atoms with Gasteiger partial charge in [0, 0.05) is 31.7 Å². The highest BCUT2D eigenvalue weighted by molar-refractivity contribution is 6.04. The highest BCUT2D eigenvalue weighted by Crippen LogP contribution is 2.43. The van der Waals surface area contributed by atoms with Crippen molar-refractivity contribution in [3.63, 3.8) is 0 Å². The number of aromatic amines is 1. The van der Waals surface area contributed by atoms with Crippen LogP contribution >= 0.6 is 0 Å². The summed E-state index contributed by atoms with van der Waals surface area (Å²) in [6.07, 6.45) is 6.10. The number of amides is 1. The molecule has 2 fully saturated rings. The number of benzene rings is 2. The van der Waals surface area contributed by atoms with Crippen molar-refractivity contribution in [1.82, 2.24) is 25.2 Å². The molecule has 0 aliphatic carbocycles. The SMILES string of the molecule is CN1CCCC(C)(C)C1c1ncc(-c2ccc(-c3ccc(C(=O)Nc4ccc(N5CCNCC5)nc4)cc3)cc2)[nH]1. The van der Waals surface area contributed by atoms with Crippen molar-refractivity contribution < 1.29 is 4.79 Å². The Balaban J connectivity index is 1.09. The number of piperazine rings is 1. The lowest BCUT2D eigenvalue weighted by molar-refractivity contribution is 0.0524. The lowest BCUT2D eigenvalue weighted by atomic mass is 9.76. The summed E-state index contributed by atoms with van der Waals surface area (Å²) in [5.41, 5.74) is 5.78. The van der Waals surface area contributed by atoms with E-state index in [4.69, 9.17) is 4.98 Å². The molecule has 1 atom stereocenters. The topological polar surface area (TPSA) is 89.2 Å². The molecule has 41 heavy (non-hydrogen) atoms. The number of hydrogen-bond donors (Lipinski definition) is 3. The molecule has 2 aliphatic rings. The predicted molar refractivity (Wildman–Crippen MR) is 165 cm³/mol. The Morgan fingerprint density at radius 2 is 1.56 bits per heavy atom. The van der Waals surface area contributed by atoms with Crippen LogP contribution in [0.5, 0.6) is 0 Å². The number of aromatic nitrogens is 3. The summed E-state index contributed by atoms with van der Waals surface area (Å²) in [5.74, 6) is 1.83. The number of rotatable bonds is 6. The third kappa shape index (κ3) is 5.89. The van der Waals surface area contributed by atoms with Gasteiger partial charge in [-0.25, -0.2) is 9.97 Å². The molecule has 1 unspecified atom stereocenters. The number of hydrogen-bond acceptors (Lipinski definition) is 6. The van der Waals surface area contributed by atoms with E-state index in [1.165, 1.54) is 12.8 Å². The molecule has 2 aromatic heterocycles. The van der Waals surface area contributed by atoms with Crippen molar-refractivity contribution in [2.75, 3.05) is 50.0 Å². The second-order valence-corrected chi connectivity index (χ2v) is 11.9. The van der Waals surface area contributed by atoms with Crippen LogP contribution in [0.1, 0.15) is 48.9 Å². The number of nitrogens with one attached hydrogen (secondary N) is 3. The summed E-state index contributed by atoms with van der Waals surface area (Å²) >= 11 is 0. The predicted octanol–water partition coefficient (Wildman–Crippen LogP) is 5.59. The van der Waals surface area contributed by atoms with E-state index in [1.54, 1.807) is 6.20 Å². The molecule has 8 heteroatoms. The van der Waals surface area contributed by atoms with E-state index in [0.717, 1.165) is 66.8 Å². The fraction of sp³-hybridized carbons (Fsp3) is 0.364. The number of carbonyl (C=O) groups is 1. The Hall–Kier alpha value is -4.01. The molecule has 4 heterocycles. The fourth-order valence-electron chi connectivity index (χ4n) is 6.25. The Bertz CT molecular complexity index is 1470. The van der Waals surface area contributed by atoms with Crippen molar-refractivity contribution in [3.8, 4) is 22.4 Å². The van der Waals surface area contributed by atoms with Gasteiger partial charge in [0.05, 0.1) is 29.8 Å². The number of carbonyl (C=O) groups excluding carboxylic acids is 1. The Kier molecular flexibility index (Phi) is 7.60. The maximum Gasteiger partial charge on any atom is 0.255 e. The molecule has 0 spiro atoms. The van der Waals surface area contributed by atoms with Gasteiger partial charge < -0.3 is 20.5 Å². The van der Waals surface area contributed by atoms with Crippen molar-refractivity contribution in [2.24, 2.45) is 5.41 Å². The van der Waals surface area contributed by atoms with E-state index in [-0.39, 0.29) is 17.4 Å². The highest BCUT2D eigenvalue weighted by Gasteiger charge is 2.38. The van der Waals surface area contributed by atoms with Gasteiger partial charge in [0.15, 0.2) is 0 Å². The monoisotopic (exact) mass is 549 g/mol. The number of imidazole rings is 1. The van der Waals surface area contributed by atoms with Crippen LogP contribution in [-0.2, 0) is 0 Å². The Morgan fingerprint density at radius 1 is 0.878 bits per heavy atom. The maximum absolute atomic E-state index is 12.9. The normalized spacial score (nSPS) is 19.2. The molecule has 3 N–H and O–H groups in total. The smallest absolute Gasteiger partial charge is 0.255 e. The van der Waals surface area contributed by atoms with Gasteiger partial charge in [-0.2, -0.15) is 0 Å². The molecular formula is C33H39N7O. The number of likely N-dealkylation sites (tertiary alicyclic amines) is 1. The standard InChI is InChI=1S/C33H39N7O/c1-33(2)15-4-18-39(3)30(33)31-36-22-28(38-31)25-9-5-23(6-10-25)24-7-11-26(12-8-24)32(41)37-27-13-14-29(35-21-27)40-19-16-34-17-20-40/h5-14,21-22,30,34H,4,15-20H2,1-3H3,(H,36,38)(H,37,41). The van der Waals surface area contributed by atoms with Crippen molar-refractivity contribution >= 4 is 17.4 Å². The summed E-state index contributed by atoms with van der Waals surface area (Å²) in [6.45, 7) is 9.57. The summed E-state index contributed by atoms with van der Waals surface area (Å²) in [5, 5.41) is 6.31. The zero-order valence-electron chi connectivity index (χ0n) is 24.2. The van der Waals surface area contributed by atoms with Crippen LogP contribution in [-0.4, -0.2) is 65.5 Å². The molecular weight excluding hydrogens is 510 g/mol. The fourth-order valence-corrected chi connectivity index (χ4v) is 6.25. The number of H-pyrrole nitrogens is 1. The molecule has 8 nitrogen and oxygen atoms in total. The first-order chi connectivity index (χ1) is 19.9. The second-order valence-electron chi connectivity index (χ2n) is 11.9. The van der Waals surface area contributed by atoms with Crippen LogP contribution in [0.3, 0.4) is 0 Å². The van der Waals surface area contributed by atoms with Crippen LogP contribution in [0.2, 0.25) is 0 Å². The third-order valence-corrected chi connectivity index (χ3v) is 8.49. The van der Waals surface area contributed by atoms with E-state index in [2.05, 4.69) is 75.6 Å². The average molecular weight is 550 g/mol. The van der Waals surface area contributed by atoms with Crippen LogP contribution in [0.4, 0.5) is 11.5 Å². The van der Waals surface area contributed by atoms with E-state index in [9.17, 15) is 4.79 Å². The molecule has 2 aliphatic heterocycles. The first-order valence-corrected chi connectivity index (χ1v) is 14.6. The van der Waals surface area contributed by atoms with Crippen LogP contribution in [0, 0.1) is 5.41 Å². The quantitative estimate of drug-likeness (QED) is 0.290. The van der Waals surface area contributed by atoms with Gasteiger partial charge in [0.2, 0.25) is 0 Å². The first-order valence-electron chi connectivity index (χ1n) is 14.6. The molecule has 0 saturated carbocycles. The lowest BCUT2D eigenvalue weighted by Gasteiger charge is -2.43. The van der Waals surface area contributed by atoms with E-state index in [1.807, 2.05) is 42.6 Å². The average Bonchev–Trinajstić information content (AvgIpc) is 3.47. The van der Waals surface area contributed by atoms with Gasteiger partial charge in [-0.15, -0.1) is 0 Å². The van der Waals surface area contributed by atoms with Gasteiger partial charge in [-0.1, -0.05) is 50.2 Å². The number of nitrogens with zero attached hydrogens (tertiary/aromatic N) is 4. The van der Waals surface area contributed by atoms with E-state index in [0.29, 0.717) is 11.3 Å². The summed E-state index contributed by atoms with van der Waals surface area (Å²) in [7, 11) is 2.19. The van der Waals surface area contributed by atoms with Gasteiger partial charge in [-0.05, 0) is 72.8 Å². The molecule has 0 radical (unpaired) electrons. The van der Waals surface area contributed by atoms with Gasteiger partial charge in [0.25, 0.3) is 5.91 Å². The van der Waals surface area contributed by atoms with Crippen LogP contribution in [0.15, 0.2) is 73.1 Å². The molecule has 1 amide bonds. The Morgan fingerprint density at radius 3 is 2.22 bits per heavy atom. The number of anilines is 2. The molecule has 6 rings (SSSR count). The number of pyridine rings is 1. The summed E-state index contributed by atoms with van der Waals surface area (Å²) in [6, 6.07) is 20.4. The van der Waals surface area contributed by atoms with Gasteiger partial charge in [-0.3, -0.25) is 9.69 Å². The minimum atomic E-state index is -0.148. The highest BCUT2D eigenvalue weighted by atomic mass is 16.1. The van der Waals surface area contributed by atoms with Crippen molar-refractivity contribution in [1.29, 1.82) is 0 Å². The van der Waals surface area contributed by atoms with Gasteiger partial charge >= 0.3 is 0 Å². The van der Waals surface area contributed by atoms with Crippen LogP contribution in [0.25, 0.3) is 22.4 Å². The second kappa shape index (κ2) is 11.5. The summed E-state index contributed by atoms with van der Waals surface area (Å²) < 4.78 is 0. The third-order valence-electron chi connectivity index (χ3n) is 8.49. The van der Waals surface area contributed by atoms with Crippen molar-refractivity contribution in [2.45, 2.75) is 32.7 Å². The number of piperidine rings is 1. The maximum atomic E-state index is 12.9. The molecule has 0 bridgehead atoms. The zero-order chi connectivity index (χ0) is 28.4. The minimum absolute atomic E-state index is 0.148. The summed E-state index contributed by atoms with van der Waals surface area (Å²) in [4.78, 5) is 30.4. The van der Waals surface area contributed by atoms with Crippen LogP contribution < -0.4 is 15.5 Å². The van der Waals surface area contributed by atoms with Crippen molar-refractivity contribution in [3.05, 3.63) is 84.4 Å². The molecule has 2 saturated heterocycles. The van der Waals surface area contributed by atoms with E-state index < -0.39 is 0 Å². The zero-order valence-corrected chi connectivity index (χ0v) is 24.2. The van der Waals surface area contributed by atoms with E-state index >= 15 is 0 Å². The molecule has 4 aromatic rings. The lowest BCUT2D eigenvalue weighted by Crippen LogP contribution is -2.43. The first kappa shape index (κ1) is 27.2.